The minimum atomic E-state index is -0.916. The van der Waals surface area contributed by atoms with Crippen molar-refractivity contribution in [1.82, 2.24) is 0 Å². The van der Waals surface area contributed by atoms with Gasteiger partial charge in [-0.3, -0.25) is 0 Å². The van der Waals surface area contributed by atoms with Crippen LogP contribution in [0.4, 0.5) is 5.69 Å². The molecule has 0 aliphatic carbocycles. The van der Waals surface area contributed by atoms with E-state index < -0.39 is 5.97 Å². The molecule has 98 valence electrons. The van der Waals surface area contributed by atoms with Crippen LogP contribution < -0.4 is 5.32 Å². The number of hydrogen-bond donors (Lipinski definition) is 2. The summed E-state index contributed by atoms with van der Waals surface area (Å²) in [6, 6.07) is 12.5. The van der Waals surface area contributed by atoms with E-state index in [1.807, 2.05) is 18.2 Å². The number of carboxylic acids is 1. The smallest absolute Gasteiger partial charge is 0.335 e. The maximum Gasteiger partial charge on any atom is 0.335 e. The van der Waals surface area contributed by atoms with Gasteiger partial charge < -0.3 is 10.4 Å². The lowest BCUT2D eigenvalue weighted by Crippen LogP contribution is -2.01. The van der Waals surface area contributed by atoms with Gasteiger partial charge in [0.2, 0.25) is 0 Å². The van der Waals surface area contributed by atoms with E-state index in [0.717, 1.165) is 14.8 Å². The highest BCUT2D eigenvalue weighted by molar-refractivity contribution is 14.1. The summed E-state index contributed by atoms with van der Waals surface area (Å²) in [6.07, 6.45) is 0. The van der Waals surface area contributed by atoms with Crippen LogP contribution in [0.1, 0.15) is 15.9 Å². The zero-order valence-corrected chi connectivity index (χ0v) is 12.8. The van der Waals surface area contributed by atoms with Gasteiger partial charge in [-0.25, -0.2) is 4.79 Å². The molecule has 0 saturated carbocycles. The standard InChI is InChI=1S/C14H11ClINO2/c15-12-7-11(16)5-6-13(12)17-8-9-1-3-10(4-2-9)14(18)19/h1-7,17H,8H2,(H,18,19). The molecule has 0 radical (unpaired) electrons. The number of carbonyl (C=O) groups is 1. The van der Waals surface area contributed by atoms with Crippen molar-refractivity contribution in [2.45, 2.75) is 6.54 Å². The Kier molecular flexibility index (Phi) is 4.66. The van der Waals surface area contributed by atoms with Crippen LogP contribution in [0, 0.1) is 3.57 Å². The summed E-state index contributed by atoms with van der Waals surface area (Å²) in [7, 11) is 0. The molecule has 0 unspecified atom stereocenters. The summed E-state index contributed by atoms with van der Waals surface area (Å²) in [5.41, 5.74) is 2.15. The molecule has 0 bridgehead atoms. The maximum atomic E-state index is 10.7. The molecule has 0 heterocycles. The van der Waals surface area contributed by atoms with Crippen molar-refractivity contribution in [3.63, 3.8) is 0 Å². The highest BCUT2D eigenvalue weighted by Gasteiger charge is 2.03. The van der Waals surface area contributed by atoms with Crippen LogP contribution in [0.25, 0.3) is 0 Å². The largest absolute Gasteiger partial charge is 0.478 e. The second-order valence-electron chi connectivity index (χ2n) is 3.98. The normalized spacial score (nSPS) is 10.2. The van der Waals surface area contributed by atoms with Crippen molar-refractivity contribution in [3.8, 4) is 0 Å². The number of carboxylic acid groups (broad SMARTS) is 1. The average molecular weight is 388 g/mol. The van der Waals surface area contributed by atoms with Gasteiger partial charge in [0.25, 0.3) is 0 Å². The third kappa shape index (κ3) is 3.84. The van der Waals surface area contributed by atoms with Crippen molar-refractivity contribution >= 4 is 45.8 Å². The van der Waals surface area contributed by atoms with Crippen LogP contribution in [0.3, 0.4) is 0 Å². The van der Waals surface area contributed by atoms with E-state index in [4.69, 9.17) is 16.7 Å². The monoisotopic (exact) mass is 387 g/mol. The highest BCUT2D eigenvalue weighted by Crippen LogP contribution is 2.24. The molecular formula is C14H11ClINO2. The van der Waals surface area contributed by atoms with Crippen molar-refractivity contribution in [1.29, 1.82) is 0 Å². The molecule has 0 aromatic heterocycles. The molecule has 0 fully saturated rings. The Morgan fingerprint density at radius 2 is 1.89 bits per heavy atom. The fraction of sp³-hybridized carbons (Fsp3) is 0.0714. The van der Waals surface area contributed by atoms with Gasteiger partial charge in [0.1, 0.15) is 0 Å². The van der Waals surface area contributed by atoms with Crippen LogP contribution in [-0.4, -0.2) is 11.1 Å². The Morgan fingerprint density at radius 3 is 2.47 bits per heavy atom. The Hall–Kier alpha value is -1.27. The first kappa shape index (κ1) is 14.1. The van der Waals surface area contributed by atoms with Crippen molar-refractivity contribution < 1.29 is 9.90 Å². The fourth-order valence-electron chi connectivity index (χ4n) is 1.60. The fourth-order valence-corrected chi connectivity index (χ4v) is 2.52. The van der Waals surface area contributed by atoms with E-state index in [1.165, 1.54) is 0 Å². The van der Waals surface area contributed by atoms with Gasteiger partial charge in [-0.2, -0.15) is 0 Å². The molecule has 2 N–H and O–H groups in total. The zero-order chi connectivity index (χ0) is 13.8. The summed E-state index contributed by atoms with van der Waals surface area (Å²) in [5, 5.41) is 12.7. The van der Waals surface area contributed by atoms with Gasteiger partial charge in [-0.05, 0) is 58.5 Å². The Labute approximate surface area is 129 Å². The molecule has 0 saturated heterocycles. The van der Waals surface area contributed by atoms with Crippen LogP contribution in [-0.2, 0) is 6.54 Å². The number of nitrogens with one attached hydrogen (secondary N) is 1. The van der Waals surface area contributed by atoms with E-state index in [2.05, 4.69) is 27.9 Å². The number of rotatable bonds is 4. The quantitative estimate of drug-likeness (QED) is 0.771. The number of benzene rings is 2. The first-order chi connectivity index (χ1) is 9.06. The van der Waals surface area contributed by atoms with Crippen LogP contribution >= 0.6 is 34.2 Å². The number of hydrogen-bond acceptors (Lipinski definition) is 2. The summed E-state index contributed by atoms with van der Waals surface area (Å²) in [6.45, 7) is 0.597. The molecule has 2 aromatic carbocycles. The van der Waals surface area contributed by atoms with Crippen molar-refractivity contribution in [2.75, 3.05) is 5.32 Å². The lowest BCUT2D eigenvalue weighted by Gasteiger charge is -2.09. The Bertz CT molecular complexity index is 599. The lowest BCUT2D eigenvalue weighted by atomic mass is 10.1. The molecule has 0 aliphatic rings. The van der Waals surface area contributed by atoms with Gasteiger partial charge in [0.05, 0.1) is 16.3 Å². The SMILES string of the molecule is O=C(O)c1ccc(CNc2ccc(I)cc2Cl)cc1. The van der Waals surface area contributed by atoms with E-state index in [1.54, 1.807) is 24.3 Å². The molecule has 0 spiro atoms. The topological polar surface area (TPSA) is 49.3 Å². The summed E-state index contributed by atoms with van der Waals surface area (Å²) >= 11 is 8.32. The molecule has 0 amide bonds. The minimum Gasteiger partial charge on any atom is -0.478 e. The number of aromatic carboxylic acids is 1. The van der Waals surface area contributed by atoms with Gasteiger partial charge in [0.15, 0.2) is 0 Å². The molecule has 3 nitrogen and oxygen atoms in total. The lowest BCUT2D eigenvalue weighted by molar-refractivity contribution is 0.0697. The summed E-state index contributed by atoms with van der Waals surface area (Å²) < 4.78 is 1.08. The molecule has 19 heavy (non-hydrogen) atoms. The van der Waals surface area contributed by atoms with Crippen molar-refractivity contribution in [3.05, 3.63) is 62.2 Å². The van der Waals surface area contributed by atoms with Gasteiger partial charge in [-0.1, -0.05) is 23.7 Å². The number of anilines is 1. The predicted molar refractivity (Wildman–Crippen MR) is 84.9 cm³/mol. The minimum absolute atomic E-state index is 0.288. The van der Waals surface area contributed by atoms with Gasteiger partial charge in [-0.15, -0.1) is 0 Å². The average Bonchev–Trinajstić information content (AvgIpc) is 2.38. The molecule has 5 heteroatoms. The first-order valence-electron chi connectivity index (χ1n) is 5.57. The second kappa shape index (κ2) is 6.25. The van der Waals surface area contributed by atoms with Crippen LogP contribution in [0.15, 0.2) is 42.5 Å². The van der Waals surface area contributed by atoms with E-state index >= 15 is 0 Å². The van der Waals surface area contributed by atoms with E-state index in [9.17, 15) is 4.79 Å². The van der Waals surface area contributed by atoms with Gasteiger partial charge in [0, 0.05) is 10.1 Å². The molecular weight excluding hydrogens is 377 g/mol. The van der Waals surface area contributed by atoms with E-state index in [0.29, 0.717) is 11.6 Å². The predicted octanol–water partition coefficient (Wildman–Crippen LogP) is 4.25. The second-order valence-corrected chi connectivity index (χ2v) is 5.63. The van der Waals surface area contributed by atoms with Crippen LogP contribution in [0.5, 0.6) is 0 Å². The molecule has 2 rings (SSSR count). The zero-order valence-electron chi connectivity index (χ0n) is 9.86. The first-order valence-corrected chi connectivity index (χ1v) is 7.03. The molecule has 0 aliphatic heterocycles. The molecule has 2 aromatic rings. The summed E-state index contributed by atoms with van der Waals surface area (Å²) in [5.74, 6) is -0.916. The van der Waals surface area contributed by atoms with Gasteiger partial charge >= 0.3 is 5.97 Å². The number of halogens is 2. The van der Waals surface area contributed by atoms with E-state index in [-0.39, 0.29) is 5.56 Å². The maximum absolute atomic E-state index is 10.7. The third-order valence-electron chi connectivity index (χ3n) is 2.61. The summed E-state index contributed by atoms with van der Waals surface area (Å²) in [4.78, 5) is 10.7. The highest BCUT2D eigenvalue weighted by atomic mass is 127. The Balaban J connectivity index is 2.04. The van der Waals surface area contributed by atoms with Crippen LogP contribution in [0.2, 0.25) is 5.02 Å². The third-order valence-corrected chi connectivity index (χ3v) is 3.60. The Morgan fingerprint density at radius 1 is 1.21 bits per heavy atom. The van der Waals surface area contributed by atoms with Crippen molar-refractivity contribution in [2.24, 2.45) is 0 Å². The molecule has 0 atom stereocenters.